The number of carbonyl (C=O) groups is 1. The van der Waals surface area contributed by atoms with Crippen molar-refractivity contribution in [3.05, 3.63) is 35.4 Å². The van der Waals surface area contributed by atoms with Crippen molar-refractivity contribution in [2.24, 2.45) is 5.92 Å². The minimum Gasteiger partial charge on any atom is -0.273 e. The van der Waals surface area contributed by atoms with Gasteiger partial charge in [-0.2, -0.15) is 11.8 Å². The van der Waals surface area contributed by atoms with Crippen LogP contribution in [0.1, 0.15) is 29.8 Å². The zero-order chi connectivity index (χ0) is 12.7. The number of rotatable bonds is 6. The van der Waals surface area contributed by atoms with Crippen molar-refractivity contribution >= 4 is 17.7 Å². The molecule has 3 nitrogen and oxygen atoms in total. The molecule has 1 aromatic rings. The van der Waals surface area contributed by atoms with E-state index >= 15 is 0 Å². The summed E-state index contributed by atoms with van der Waals surface area (Å²) < 4.78 is 0. The minimum absolute atomic E-state index is 0.186. The zero-order valence-corrected chi connectivity index (χ0v) is 11.3. The van der Waals surface area contributed by atoms with Crippen molar-refractivity contribution in [1.29, 1.82) is 0 Å². The van der Waals surface area contributed by atoms with E-state index in [1.54, 1.807) is 17.8 Å². The Kier molecular flexibility index (Phi) is 6.08. The van der Waals surface area contributed by atoms with E-state index in [1.807, 2.05) is 38.3 Å². The molecule has 0 fully saturated rings. The Balaban J connectivity index is 2.53. The Labute approximate surface area is 107 Å². The summed E-state index contributed by atoms with van der Waals surface area (Å²) in [7, 11) is 0. The van der Waals surface area contributed by atoms with Crippen LogP contribution < -0.4 is 5.48 Å². The molecule has 1 aromatic carbocycles. The first kappa shape index (κ1) is 14.1. The van der Waals surface area contributed by atoms with E-state index in [-0.39, 0.29) is 5.91 Å². The molecule has 94 valence electrons. The van der Waals surface area contributed by atoms with Gasteiger partial charge in [0, 0.05) is 11.3 Å². The van der Waals surface area contributed by atoms with Gasteiger partial charge in [0.2, 0.25) is 0 Å². The third-order valence-electron chi connectivity index (χ3n) is 2.08. The molecule has 0 unspecified atom stereocenters. The highest BCUT2D eigenvalue weighted by atomic mass is 32.2. The van der Waals surface area contributed by atoms with Crippen LogP contribution in [0.15, 0.2) is 24.3 Å². The lowest BCUT2D eigenvalue weighted by molar-refractivity contribution is 0.0208. The predicted octanol–water partition coefficient (Wildman–Crippen LogP) is 2.87. The van der Waals surface area contributed by atoms with E-state index < -0.39 is 0 Å². The second-order valence-corrected chi connectivity index (χ2v) is 5.14. The summed E-state index contributed by atoms with van der Waals surface area (Å²) in [6.07, 6.45) is 2.04. The highest BCUT2D eigenvalue weighted by Crippen LogP contribution is 2.11. The number of benzene rings is 1. The van der Waals surface area contributed by atoms with Crippen molar-refractivity contribution in [3.63, 3.8) is 0 Å². The van der Waals surface area contributed by atoms with E-state index in [9.17, 15) is 4.79 Å². The quantitative estimate of drug-likeness (QED) is 0.792. The van der Waals surface area contributed by atoms with Crippen molar-refractivity contribution in [1.82, 2.24) is 5.48 Å². The molecule has 0 aliphatic rings. The molecule has 4 heteroatoms. The maximum atomic E-state index is 11.7. The molecule has 0 aliphatic heterocycles. The molecule has 0 atom stereocenters. The molecule has 1 amide bonds. The fourth-order valence-corrected chi connectivity index (χ4v) is 1.81. The fourth-order valence-electron chi connectivity index (χ4n) is 1.30. The fraction of sp³-hybridized carbons (Fsp3) is 0.462. The van der Waals surface area contributed by atoms with Gasteiger partial charge < -0.3 is 0 Å². The van der Waals surface area contributed by atoms with Gasteiger partial charge in [0.15, 0.2) is 0 Å². The second kappa shape index (κ2) is 7.35. The molecule has 0 radical (unpaired) electrons. The molecule has 1 N–H and O–H groups in total. The average molecular weight is 253 g/mol. The first-order valence-electron chi connectivity index (χ1n) is 5.63. The van der Waals surface area contributed by atoms with E-state index in [1.165, 1.54) is 0 Å². The summed E-state index contributed by atoms with van der Waals surface area (Å²) in [6.45, 7) is 4.59. The monoisotopic (exact) mass is 253 g/mol. The Bertz CT molecular complexity index is 366. The lowest BCUT2D eigenvalue weighted by Crippen LogP contribution is -2.25. The topological polar surface area (TPSA) is 38.3 Å². The summed E-state index contributed by atoms with van der Waals surface area (Å²) in [5.74, 6) is 1.13. The Morgan fingerprint density at radius 3 is 2.88 bits per heavy atom. The number of thioether (sulfide) groups is 1. The Morgan fingerprint density at radius 2 is 2.24 bits per heavy atom. The number of amides is 1. The van der Waals surface area contributed by atoms with E-state index in [4.69, 9.17) is 4.84 Å². The van der Waals surface area contributed by atoms with Crippen LogP contribution in [0.3, 0.4) is 0 Å². The summed E-state index contributed by atoms with van der Waals surface area (Å²) in [6, 6.07) is 7.59. The van der Waals surface area contributed by atoms with Crippen molar-refractivity contribution in [2.45, 2.75) is 19.6 Å². The van der Waals surface area contributed by atoms with Gasteiger partial charge in [-0.15, -0.1) is 0 Å². The molecule has 0 spiro atoms. The van der Waals surface area contributed by atoms with Crippen LogP contribution in [0.2, 0.25) is 0 Å². The van der Waals surface area contributed by atoms with Crippen LogP contribution in [-0.2, 0) is 10.6 Å². The average Bonchev–Trinajstić information content (AvgIpc) is 2.29. The number of nitrogens with one attached hydrogen (secondary N) is 1. The summed E-state index contributed by atoms with van der Waals surface area (Å²) in [4.78, 5) is 16.8. The smallest absolute Gasteiger partial charge is 0.273 e. The van der Waals surface area contributed by atoms with Gasteiger partial charge in [-0.25, -0.2) is 5.48 Å². The van der Waals surface area contributed by atoms with Gasteiger partial charge in [-0.05, 0) is 29.9 Å². The third kappa shape index (κ3) is 5.24. The molecule has 1 rings (SSSR count). The van der Waals surface area contributed by atoms with Gasteiger partial charge in [0.1, 0.15) is 0 Å². The highest BCUT2D eigenvalue weighted by Gasteiger charge is 2.06. The van der Waals surface area contributed by atoms with Crippen LogP contribution in [-0.4, -0.2) is 18.8 Å². The highest BCUT2D eigenvalue weighted by molar-refractivity contribution is 7.97. The van der Waals surface area contributed by atoms with E-state index in [0.29, 0.717) is 18.1 Å². The number of carbonyl (C=O) groups excluding carboxylic acids is 1. The van der Waals surface area contributed by atoms with Crippen LogP contribution in [0.25, 0.3) is 0 Å². The molecule has 0 saturated carbocycles. The van der Waals surface area contributed by atoms with Gasteiger partial charge in [-0.1, -0.05) is 26.0 Å². The summed E-state index contributed by atoms with van der Waals surface area (Å²) in [5.41, 5.74) is 4.24. The number of hydrogen-bond acceptors (Lipinski definition) is 3. The number of hydrogen-bond donors (Lipinski definition) is 1. The van der Waals surface area contributed by atoms with Crippen molar-refractivity contribution < 1.29 is 9.63 Å². The lowest BCUT2D eigenvalue weighted by atomic mass is 10.1. The number of hydroxylamine groups is 1. The van der Waals surface area contributed by atoms with Crippen molar-refractivity contribution in [2.75, 3.05) is 12.9 Å². The summed E-state index contributed by atoms with van der Waals surface area (Å²) >= 11 is 1.73. The third-order valence-corrected chi connectivity index (χ3v) is 2.70. The van der Waals surface area contributed by atoms with E-state index in [0.717, 1.165) is 11.3 Å². The molecular formula is C13H19NO2S. The maximum absolute atomic E-state index is 11.7. The molecule has 17 heavy (non-hydrogen) atoms. The standard InChI is InChI=1S/C13H19NO2S/c1-10(2)8-16-14-13(15)12-6-4-5-11(7-12)9-17-3/h4-7,10H,8-9H2,1-3H3,(H,14,15). The predicted molar refractivity (Wildman–Crippen MR) is 71.9 cm³/mol. The van der Waals surface area contributed by atoms with Gasteiger partial charge in [0.05, 0.1) is 6.61 Å². The van der Waals surface area contributed by atoms with Crippen LogP contribution in [0.4, 0.5) is 0 Å². The van der Waals surface area contributed by atoms with Gasteiger partial charge in [-0.3, -0.25) is 9.63 Å². The first-order chi connectivity index (χ1) is 8.13. The maximum Gasteiger partial charge on any atom is 0.274 e. The molecule has 0 bridgehead atoms. The SMILES string of the molecule is CSCc1cccc(C(=O)NOCC(C)C)c1. The Morgan fingerprint density at radius 1 is 1.47 bits per heavy atom. The van der Waals surface area contributed by atoms with Crippen LogP contribution in [0, 0.1) is 5.92 Å². The molecular weight excluding hydrogens is 234 g/mol. The van der Waals surface area contributed by atoms with E-state index in [2.05, 4.69) is 5.48 Å². The normalized spacial score (nSPS) is 10.6. The summed E-state index contributed by atoms with van der Waals surface area (Å²) in [5, 5.41) is 0. The minimum atomic E-state index is -0.186. The Hall–Kier alpha value is -1.00. The van der Waals surface area contributed by atoms with Crippen molar-refractivity contribution in [3.8, 4) is 0 Å². The largest absolute Gasteiger partial charge is 0.274 e. The molecule has 0 heterocycles. The molecule has 0 saturated heterocycles. The second-order valence-electron chi connectivity index (χ2n) is 4.27. The molecule has 0 aromatic heterocycles. The zero-order valence-electron chi connectivity index (χ0n) is 10.5. The van der Waals surface area contributed by atoms with Gasteiger partial charge in [0.25, 0.3) is 5.91 Å². The van der Waals surface area contributed by atoms with Gasteiger partial charge >= 0.3 is 0 Å². The van der Waals surface area contributed by atoms with Crippen LogP contribution >= 0.6 is 11.8 Å². The lowest BCUT2D eigenvalue weighted by Gasteiger charge is -2.08. The first-order valence-corrected chi connectivity index (χ1v) is 7.03. The molecule has 0 aliphatic carbocycles. The van der Waals surface area contributed by atoms with Crippen LogP contribution in [0.5, 0.6) is 0 Å².